The summed E-state index contributed by atoms with van der Waals surface area (Å²) in [5, 5.41) is 0. The van der Waals surface area contributed by atoms with Crippen molar-refractivity contribution in [3.8, 4) is 11.5 Å². The first-order chi connectivity index (χ1) is 13.2. The first-order valence-electron chi connectivity index (χ1n) is 9.96. The number of hydrogen-bond acceptors (Lipinski definition) is 3. The molecule has 4 rings (SSSR count). The van der Waals surface area contributed by atoms with Gasteiger partial charge in [-0.15, -0.1) is 0 Å². The maximum absolute atomic E-state index is 5.44. The molecule has 1 saturated heterocycles. The Kier molecular flexibility index (Phi) is 5.49. The first-order valence-corrected chi connectivity index (χ1v) is 9.96. The lowest BCUT2D eigenvalue weighted by Gasteiger charge is -2.45. The maximum Gasteiger partial charge on any atom is 0.122 e. The van der Waals surface area contributed by atoms with Gasteiger partial charge in [-0.1, -0.05) is 48.4 Å². The Balaban J connectivity index is 1.52. The fraction of sp³-hybridized carbons (Fsp3) is 0.417. The number of fused-ring (bicyclic) bond motifs is 2. The molecule has 0 amide bonds. The van der Waals surface area contributed by atoms with Crippen molar-refractivity contribution in [2.24, 2.45) is 0 Å². The van der Waals surface area contributed by atoms with Crippen LogP contribution < -0.4 is 9.47 Å². The maximum atomic E-state index is 5.44. The zero-order valence-electron chi connectivity index (χ0n) is 16.4. The first kappa shape index (κ1) is 18.1. The van der Waals surface area contributed by atoms with Crippen LogP contribution in [-0.2, 0) is 13.0 Å². The molecular formula is C24H29NO2. The van der Waals surface area contributed by atoms with Crippen molar-refractivity contribution in [3.05, 3.63) is 71.3 Å². The summed E-state index contributed by atoms with van der Waals surface area (Å²) in [6.07, 6.45) is 8.61. The highest BCUT2D eigenvalue weighted by molar-refractivity contribution is 5.40. The lowest BCUT2D eigenvalue weighted by molar-refractivity contribution is 0.0880. The van der Waals surface area contributed by atoms with Crippen molar-refractivity contribution in [2.75, 3.05) is 14.2 Å². The molecule has 2 bridgehead atoms. The third-order valence-electron chi connectivity index (χ3n) is 5.91. The van der Waals surface area contributed by atoms with E-state index < -0.39 is 0 Å². The Morgan fingerprint density at radius 2 is 1.67 bits per heavy atom. The van der Waals surface area contributed by atoms with Crippen LogP contribution in [0.25, 0.3) is 0 Å². The fourth-order valence-electron chi connectivity index (χ4n) is 4.61. The summed E-state index contributed by atoms with van der Waals surface area (Å²) in [5.41, 5.74) is 4.25. The van der Waals surface area contributed by atoms with Gasteiger partial charge in [0.05, 0.1) is 14.2 Å². The van der Waals surface area contributed by atoms with Crippen LogP contribution in [0.5, 0.6) is 11.5 Å². The predicted octanol–water partition coefficient (Wildman–Crippen LogP) is 5.00. The number of benzene rings is 2. The van der Waals surface area contributed by atoms with E-state index in [-0.39, 0.29) is 0 Å². The van der Waals surface area contributed by atoms with E-state index in [0.29, 0.717) is 12.1 Å². The largest absolute Gasteiger partial charge is 0.497 e. The molecule has 0 radical (unpaired) electrons. The second-order valence-electron chi connectivity index (χ2n) is 7.74. The third-order valence-corrected chi connectivity index (χ3v) is 5.91. The van der Waals surface area contributed by atoms with Crippen LogP contribution in [-0.4, -0.2) is 31.2 Å². The van der Waals surface area contributed by atoms with E-state index in [1.54, 1.807) is 19.8 Å². The molecule has 3 nitrogen and oxygen atoms in total. The lowest BCUT2D eigenvalue weighted by Crippen LogP contribution is -2.48. The van der Waals surface area contributed by atoms with Gasteiger partial charge in [0.15, 0.2) is 0 Å². The molecule has 0 N–H and O–H groups in total. The van der Waals surface area contributed by atoms with Gasteiger partial charge in [-0.2, -0.15) is 0 Å². The molecule has 0 aromatic heterocycles. The molecule has 2 atom stereocenters. The molecule has 2 aromatic carbocycles. The van der Waals surface area contributed by atoms with Crippen molar-refractivity contribution in [3.63, 3.8) is 0 Å². The van der Waals surface area contributed by atoms with Gasteiger partial charge >= 0.3 is 0 Å². The smallest absolute Gasteiger partial charge is 0.122 e. The van der Waals surface area contributed by atoms with Crippen molar-refractivity contribution in [2.45, 2.75) is 50.7 Å². The summed E-state index contributed by atoms with van der Waals surface area (Å²) in [5.74, 6) is 1.73. The molecule has 1 fully saturated rings. The van der Waals surface area contributed by atoms with Crippen LogP contribution in [0.4, 0.5) is 0 Å². The molecule has 27 heavy (non-hydrogen) atoms. The molecule has 2 heterocycles. The van der Waals surface area contributed by atoms with Gasteiger partial charge in [0, 0.05) is 24.7 Å². The van der Waals surface area contributed by atoms with E-state index in [0.717, 1.165) is 24.5 Å². The number of piperidine rings is 1. The van der Waals surface area contributed by atoms with Crippen LogP contribution in [0, 0.1) is 0 Å². The van der Waals surface area contributed by atoms with Gasteiger partial charge in [-0.05, 0) is 48.9 Å². The molecule has 142 valence electrons. The standard InChI is InChI=1S/C24H29NO2/c1-26-23-14-20(15-24(16-23)27-2)11-19-12-21-9-6-10-22(13-19)25(21)17-18-7-4-3-5-8-18/h3-5,7-8,12,14-16,21-22H,6,9-11,13,17H2,1-2H3. The molecule has 3 heteroatoms. The Morgan fingerprint density at radius 3 is 2.33 bits per heavy atom. The number of ether oxygens (including phenoxy) is 2. The third kappa shape index (κ3) is 4.19. The molecule has 0 aliphatic carbocycles. The van der Waals surface area contributed by atoms with Crippen LogP contribution in [0.3, 0.4) is 0 Å². The topological polar surface area (TPSA) is 21.7 Å². The monoisotopic (exact) mass is 363 g/mol. The fourth-order valence-corrected chi connectivity index (χ4v) is 4.61. The van der Waals surface area contributed by atoms with E-state index in [2.05, 4.69) is 53.4 Å². The van der Waals surface area contributed by atoms with Gasteiger partial charge in [0.2, 0.25) is 0 Å². The summed E-state index contributed by atoms with van der Waals surface area (Å²) < 4.78 is 10.9. The Hall–Kier alpha value is -2.26. The quantitative estimate of drug-likeness (QED) is 0.674. The average molecular weight is 364 g/mol. The molecule has 2 unspecified atom stereocenters. The van der Waals surface area contributed by atoms with Gasteiger partial charge in [0.25, 0.3) is 0 Å². The number of hydrogen-bond donors (Lipinski definition) is 0. The second kappa shape index (κ2) is 8.18. The summed E-state index contributed by atoms with van der Waals surface area (Å²) in [4.78, 5) is 2.72. The molecule has 2 aliphatic heterocycles. The molecular weight excluding hydrogens is 334 g/mol. The van der Waals surface area contributed by atoms with E-state index >= 15 is 0 Å². The van der Waals surface area contributed by atoms with Gasteiger partial charge in [0.1, 0.15) is 11.5 Å². The van der Waals surface area contributed by atoms with Crippen molar-refractivity contribution < 1.29 is 9.47 Å². The molecule has 2 aromatic rings. The highest BCUT2D eigenvalue weighted by Gasteiger charge is 2.33. The lowest BCUT2D eigenvalue weighted by atomic mass is 9.83. The van der Waals surface area contributed by atoms with Crippen LogP contribution >= 0.6 is 0 Å². The van der Waals surface area contributed by atoms with Gasteiger partial charge < -0.3 is 9.47 Å². The van der Waals surface area contributed by atoms with Crippen LogP contribution in [0.1, 0.15) is 36.8 Å². The SMILES string of the molecule is COc1cc(CC2=CC3CCCC(C2)N3Cc2ccccc2)cc(OC)c1. The summed E-state index contributed by atoms with van der Waals surface area (Å²) in [7, 11) is 3.43. The minimum Gasteiger partial charge on any atom is -0.497 e. The highest BCUT2D eigenvalue weighted by atomic mass is 16.5. The van der Waals surface area contributed by atoms with Crippen LogP contribution in [0.2, 0.25) is 0 Å². The highest BCUT2D eigenvalue weighted by Crippen LogP contribution is 2.36. The Labute approximate surface area is 162 Å². The van der Waals surface area contributed by atoms with Gasteiger partial charge in [-0.25, -0.2) is 0 Å². The zero-order valence-corrected chi connectivity index (χ0v) is 16.4. The minimum atomic E-state index is 0.570. The number of methoxy groups -OCH3 is 2. The Morgan fingerprint density at radius 1 is 0.926 bits per heavy atom. The molecule has 0 spiro atoms. The van der Waals surface area contributed by atoms with Crippen molar-refractivity contribution in [1.82, 2.24) is 4.90 Å². The van der Waals surface area contributed by atoms with E-state index in [9.17, 15) is 0 Å². The van der Waals surface area contributed by atoms with Crippen molar-refractivity contribution in [1.29, 1.82) is 0 Å². The number of nitrogens with zero attached hydrogens (tertiary/aromatic N) is 1. The summed E-state index contributed by atoms with van der Waals surface area (Å²) in [6, 6.07) is 18.3. The van der Waals surface area contributed by atoms with Crippen LogP contribution in [0.15, 0.2) is 60.2 Å². The molecule has 2 aliphatic rings. The summed E-state index contributed by atoms with van der Waals surface area (Å²) >= 11 is 0. The predicted molar refractivity (Wildman–Crippen MR) is 109 cm³/mol. The van der Waals surface area contributed by atoms with E-state index in [1.807, 2.05) is 6.07 Å². The minimum absolute atomic E-state index is 0.570. The van der Waals surface area contributed by atoms with Gasteiger partial charge in [-0.3, -0.25) is 4.90 Å². The van der Waals surface area contributed by atoms with E-state index in [4.69, 9.17) is 9.47 Å². The van der Waals surface area contributed by atoms with Crippen molar-refractivity contribution >= 4 is 0 Å². The Bertz CT molecular complexity index is 777. The van der Waals surface area contributed by atoms with E-state index in [1.165, 1.54) is 36.8 Å². The summed E-state index contributed by atoms with van der Waals surface area (Å²) in [6.45, 7) is 1.06. The normalized spacial score (nSPS) is 22.2. The number of rotatable bonds is 6. The zero-order chi connectivity index (χ0) is 18.6. The average Bonchev–Trinajstić information content (AvgIpc) is 2.69. The second-order valence-corrected chi connectivity index (χ2v) is 7.74. The molecule has 0 saturated carbocycles.